The first-order valence-corrected chi connectivity index (χ1v) is 10.2. The third-order valence-electron chi connectivity index (χ3n) is 5.51. The summed E-state index contributed by atoms with van der Waals surface area (Å²) >= 11 is 0. The van der Waals surface area contributed by atoms with Gasteiger partial charge in [0.25, 0.3) is 5.91 Å². The average Bonchev–Trinajstić information content (AvgIpc) is 3.32. The van der Waals surface area contributed by atoms with Gasteiger partial charge >= 0.3 is 0 Å². The fraction of sp³-hybridized carbons (Fsp3) is 0.409. The fourth-order valence-corrected chi connectivity index (χ4v) is 3.89. The van der Waals surface area contributed by atoms with Crippen LogP contribution in [0.2, 0.25) is 0 Å². The van der Waals surface area contributed by atoms with Crippen molar-refractivity contribution in [1.82, 2.24) is 14.6 Å². The van der Waals surface area contributed by atoms with Crippen molar-refractivity contribution >= 4 is 23.2 Å². The van der Waals surface area contributed by atoms with E-state index in [0.717, 1.165) is 36.5 Å². The van der Waals surface area contributed by atoms with Gasteiger partial charge in [-0.3, -0.25) is 4.79 Å². The normalized spacial score (nSPS) is 17.0. The summed E-state index contributed by atoms with van der Waals surface area (Å²) in [7, 11) is 0. The van der Waals surface area contributed by atoms with Crippen LogP contribution in [0.4, 0.5) is 11.6 Å². The molecule has 1 aliphatic heterocycles. The summed E-state index contributed by atoms with van der Waals surface area (Å²) in [5.41, 5.74) is 1.72. The van der Waals surface area contributed by atoms with Crippen LogP contribution in [-0.2, 0) is 5.60 Å². The van der Waals surface area contributed by atoms with Crippen LogP contribution >= 0.6 is 0 Å². The first-order chi connectivity index (χ1) is 14.3. The molecule has 30 heavy (non-hydrogen) atoms. The van der Waals surface area contributed by atoms with Gasteiger partial charge in [-0.15, -0.1) is 0 Å². The minimum absolute atomic E-state index is 0.0260. The summed E-state index contributed by atoms with van der Waals surface area (Å²) in [5.74, 6) is 0.950. The van der Waals surface area contributed by atoms with E-state index in [2.05, 4.69) is 20.3 Å². The highest BCUT2D eigenvalue weighted by Crippen LogP contribution is 2.28. The molecule has 1 saturated heterocycles. The van der Waals surface area contributed by atoms with Crippen molar-refractivity contribution in [2.24, 2.45) is 0 Å². The van der Waals surface area contributed by atoms with Crippen LogP contribution in [0.5, 0.6) is 0 Å². The van der Waals surface area contributed by atoms with Crippen LogP contribution in [0.25, 0.3) is 5.65 Å². The molecule has 0 bridgehead atoms. The van der Waals surface area contributed by atoms with E-state index in [0.29, 0.717) is 17.0 Å². The molecule has 0 aliphatic carbocycles. The minimum atomic E-state index is -0.963. The maximum atomic E-state index is 12.8. The molecule has 1 fully saturated rings. The van der Waals surface area contributed by atoms with Crippen molar-refractivity contribution in [1.29, 1.82) is 0 Å². The van der Waals surface area contributed by atoms with E-state index in [-0.39, 0.29) is 18.6 Å². The Morgan fingerprint density at radius 2 is 2.00 bits per heavy atom. The predicted molar refractivity (Wildman–Crippen MR) is 115 cm³/mol. The number of nitrogens with zero attached hydrogens (tertiary/aromatic N) is 4. The smallest absolute Gasteiger partial charge is 0.256 e. The van der Waals surface area contributed by atoms with E-state index >= 15 is 0 Å². The Balaban J connectivity index is 1.65. The zero-order valence-corrected chi connectivity index (χ0v) is 17.5. The maximum Gasteiger partial charge on any atom is 0.256 e. The molecule has 3 N–H and O–H groups in total. The molecule has 3 heterocycles. The Labute approximate surface area is 175 Å². The average molecular weight is 409 g/mol. The maximum absolute atomic E-state index is 12.8. The van der Waals surface area contributed by atoms with Crippen molar-refractivity contribution in [2.75, 3.05) is 23.4 Å². The molecular formula is C22H27N5O3. The lowest BCUT2D eigenvalue weighted by Gasteiger charge is -2.26. The number of aromatic nitrogens is 3. The Hall–Kier alpha value is -2.97. The predicted octanol–water partition coefficient (Wildman–Crippen LogP) is 2.48. The van der Waals surface area contributed by atoms with Crippen LogP contribution in [0, 0.1) is 6.92 Å². The molecule has 1 amide bonds. The van der Waals surface area contributed by atoms with Gasteiger partial charge in [0.05, 0.1) is 23.9 Å². The zero-order chi connectivity index (χ0) is 21.5. The first-order valence-electron chi connectivity index (χ1n) is 10.2. The Kier molecular flexibility index (Phi) is 5.21. The summed E-state index contributed by atoms with van der Waals surface area (Å²) in [6, 6.07) is 10.6. The zero-order valence-electron chi connectivity index (χ0n) is 17.5. The second-order valence-electron chi connectivity index (χ2n) is 8.32. The Morgan fingerprint density at radius 3 is 2.67 bits per heavy atom. The molecule has 3 aromatic rings. The van der Waals surface area contributed by atoms with Gasteiger partial charge in [0.2, 0.25) is 0 Å². The number of hydrogen-bond donors (Lipinski definition) is 3. The van der Waals surface area contributed by atoms with Crippen LogP contribution in [0.3, 0.4) is 0 Å². The van der Waals surface area contributed by atoms with Crippen LogP contribution in [-0.4, -0.2) is 49.9 Å². The number of benzene rings is 1. The third kappa shape index (κ3) is 3.88. The van der Waals surface area contributed by atoms with E-state index in [1.54, 1.807) is 48.7 Å². The molecule has 0 spiro atoms. The molecular weight excluding hydrogens is 382 g/mol. The fourth-order valence-electron chi connectivity index (χ4n) is 3.89. The molecule has 1 aromatic carbocycles. The number of hydrogen-bond acceptors (Lipinski definition) is 6. The molecule has 2 aromatic heterocycles. The lowest BCUT2D eigenvalue weighted by Crippen LogP contribution is -2.33. The van der Waals surface area contributed by atoms with Gasteiger partial charge in [-0.1, -0.05) is 12.1 Å². The van der Waals surface area contributed by atoms with Gasteiger partial charge in [0.1, 0.15) is 11.6 Å². The van der Waals surface area contributed by atoms with E-state index in [1.165, 1.54) is 0 Å². The molecule has 158 valence electrons. The van der Waals surface area contributed by atoms with Crippen molar-refractivity contribution in [2.45, 2.75) is 45.3 Å². The number of nitrogens with one attached hydrogen (secondary N) is 1. The van der Waals surface area contributed by atoms with E-state index in [1.807, 2.05) is 13.0 Å². The molecule has 1 aliphatic rings. The van der Waals surface area contributed by atoms with Gasteiger partial charge in [-0.25, -0.2) is 4.98 Å². The van der Waals surface area contributed by atoms with E-state index in [4.69, 9.17) is 0 Å². The van der Waals surface area contributed by atoms with Crippen LogP contribution in [0.1, 0.15) is 48.3 Å². The molecule has 8 nitrogen and oxygen atoms in total. The van der Waals surface area contributed by atoms with Crippen LogP contribution < -0.4 is 10.2 Å². The number of anilines is 2. The van der Waals surface area contributed by atoms with Gasteiger partial charge in [0, 0.05) is 24.2 Å². The second kappa shape index (κ2) is 7.70. The summed E-state index contributed by atoms with van der Waals surface area (Å²) < 4.78 is 1.76. The molecule has 8 heteroatoms. The summed E-state index contributed by atoms with van der Waals surface area (Å²) in [4.78, 5) is 19.4. The third-order valence-corrected chi connectivity index (χ3v) is 5.51. The van der Waals surface area contributed by atoms with Crippen molar-refractivity contribution < 1.29 is 15.0 Å². The van der Waals surface area contributed by atoms with Crippen molar-refractivity contribution in [3.05, 3.63) is 53.2 Å². The van der Waals surface area contributed by atoms with Crippen LogP contribution in [0.15, 0.2) is 36.4 Å². The topological polar surface area (TPSA) is 103 Å². The number of aryl methyl sites for hydroxylation is 1. The highest BCUT2D eigenvalue weighted by atomic mass is 16.3. The Bertz CT molecular complexity index is 1070. The van der Waals surface area contributed by atoms with Crippen molar-refractivity contribution in [3.63, 3.8) is 0 Å². The van der Waals surface area contributed by atoms with E-state index in [9.17, 15) is 15.0 Å². The number of fused-ring (bicyclic) bond motifs is 1. The lowest BCUT2D eigenvalue weighted by molar-refractivity contribution is 0.0785. The molecule has 4 rings (SSSR count). The highest BCUT2D eigenvalue weighted by Gasteiger charge is 2.27. The number of aliphatic hydroxyl groups excluding tert-OH is 1. The number of rotatable bonds is 5. The van der Waals surface area contributed by atoms with E-state index < -0.39 is 5.60 Å². The van der Waals surface area contributed by atoms with Gasteiger partial charge in [-0.05, 0) is 51.3 Å². The largest absolute Gasteiger partial charge is 0.394 e. The first kappa shape index (κ1) is 20.3. The Morgan fingerprint density at radius 1 is 1.27 bits per heavy atom. The number of carbonyl (C=O) groups excluding carboxylic acids is 1. The molecule has 1 unspecified atom stereocenters. The lowest BCUT2D eigenvalue weighted by atomic mass is 9.97. The molecule has 0 radical (unpaired) electrons. The summed E-state index contributed by atoms with van der Waals surface area (Å²) in [6.07, 6.45) is 1.90. The number of aliphatic hydroxyl groups is 2. The SMILES string of the molecule is Cc1cc2nc(NC(=O)c3ccc(C(C)(C)O)cc3)cc(N3CCCC3CO)n2n1. The number of carbonyl (C=O) groups is 1. The quantitative estimate of drug-likeness (QED) is 0.598. The summed E-state index contributed by atoms with van der Waals surface area (Å²) in [5, 5.41) is 27.2. The van der Waals surface area contributed by atoms with Crippen molar-refractivity contribution in [3.8, 4) is 0 Å². The number of amides is 1. The minimum Gasteiger partial charge on any atom is -0.394 e. The van der Waals surface area contributed by atoms with Gasteiger partial charge in [0.15, 0.2) is 5.65 Å². The second-order valence-corrected chi connectivity index (χ2v) is 8.32. The van der Waals surface area contributed by atoms with Gasteiger partial charge in [-0.2, -0.15) is 9.61 Å². The van der Waals surface area contributed by atoms with Gasteiger partial charge < -0.3 is 20.4 Å². The monoisotopic (exact) mass is 409 g/mol. The molecule has 1 atom stereocenters. The standard InChI is InChI=1S/C22H27N5O3/c1-14-11-19-23-18(12-20(27(19)25-14)26-10-4-5-17(26)13-28)24-21(29)15-6-8-16(9-7-15)22(2,3)30/h6-9,11-12,17,28,30H,4-5,10,13H2,1-3H3,(H,23,24,29). The highest BCUT2D eigenvalue weighted by molar-refractivity contribution is 6.04. The molecule has 0 saturated carbocycles. The summed E-state index contributed by atoms with van der Waals surface area (Å²) in [6.45, 7) is 6.19.